The van der Waals surface area contributed by atoms with Crippen LogP contribution in [0.1, 0.15) is 33.6 Å². The molecule has 136 valence electrons. The van der Waals surface area contributed by atoms with Gasteiger partial charge in [-0.25, -0.2) is 9.67 Å². The number of furan rings is 1. The molecule has 0 aliphatic heterocycles. The van der Waals surface area contributed by atoms with Crippen molar-refractivity contribution in [3.63, 3.8) is 0 Å². The van der Waals surface area contributed by atoms with Gasteiger partial charge in [0.15, 0.2) is 5.82 Å². The number of rotatable bonds is 6. The van der Waals surface area contributed by atoms with Crippen molar-refractivity contribution < 1.29 is 9.21 Å². The molecule has 26 heavy (non-hydrogen) atoms. The summed E-state index contributed by atoms with van der Waals surface area (Å²) in [5.41, 5.74) is 1.28. The van der Waals surface area contributed by atoms with Crippen molar-refractivity contribution in [2.24, 2.45) is 0 Å². The zero-order chi connectivity index (χ0) is 18.7. The van der Waals surface area contributed by atoms with Gasteiger partial charge >= 0.3 is 0 Å². The van der Waals surface area contributed by atoms with E-state index in [1.54, 1.807) is 17.1 Å². The van der Waals surface area contributed by atoms with E-state index in [9.17, 15) is 4.79 Å². The van der Waals surface area contributed by atoms with Gasteiger partial charge in [-0.05, 0) is 52.2 Å². The van der Waals surface area contributed by atoms with Crippen LogP contribution in [0.2, 0.25) is 0 Å². The average Bonchev–Trinajstić information content (AvgIpc) is 3.21. The third kappa shape index (κ3) is 3.67. The molecule has 3 aromatic heterocycles. The topological polar surface area (TPSA) is 76.2 Å². The molecule has 1 N–H and O–H groups in total. The Hall–Kier alpha value is -2.93. The second kappa shape index (κ2) is 7.53. The Morgan fingerprint density at radius 3 is 2.69 bits per heavy atom. The first kappa shape index (κ1) is 17.9. The SMILES string of the molecule is Cc1ccc(C(CNC(=O)c2cnn(-c3ccccn3)c2C)N(C)C)o1. The van der Waals surface area contributed by atoms with Gasteiger partial charge in [-0.1, -0.05) is 6.07 Å². The van der Waals surface area contributed by atoms with Gasteiger partial charge in [0.1, 0.15) is 11.5 Å². The summed E-state index contributed by atoms with van der Waals surface area (Å²) in [6, 6.07) is 9.40. The molecule has 0 radical (unpaired) electrons. The van der Waals surface area contributed by atoms with E-state index in [1.165, 1.54) is 0 Å². The van der Waals surface area contributed by atoms with Crippen LogP contribution >= 0.6 is 0 Å². The third-order valence-electron chi connectivity index (χ3n) is 4.29. The minimum Gasteiger partial charge on any atom is -0.465 e. The van der Waals surface area contributed by atoms with Crippen molar-refractivity contribution in [2.45, 2.75) is 19.9 Å². The van der Waals surface area contributed by atoms with Crippen molar-refractivity contribution in [3.05, 3.63) is 65.5 Å². The monoisotopic (exact) mass is 353 g/mol. The second-order valence-electron chi connectivity index (χ2n) is 6.38. The smallest absolute Gasteiger partial charge is 0.254 e. The highest BCUT2D eigenvalue weighted by Crippen LogP contribution is 2.20. The Bertz CT molecular complexity index is 882. The highest BCUT2D eigenvalue weighted by molar-refractivity contribution is 5.95. The minimum atomic E-state index is -0.167. The van der Waals surface area contributed by atoms with Gasteiger partial charge in [0.05, 0.1) is 23.5 Å². The molecule has 3 heterocycles. The summed E-state index contributed by atoms with van der Waals surface area (Å²) in [4.78, 5) is 18.9. The molecule has 1 atom stereocenters. The van der Waals surface area contributed by atoms with Gasteiger partial charge in [0, 0.05) is 12.7 Å². The quantitative estimate of drug-likeness (QED) is 0.737. The number of likely N-dealkylation sites (N-methyl/N-ethyl adjacent to an activating group) is 1. The van der Waals surface area contributed by atoms with Crippen LogP contribution in [0, 0.1) is 13.8 Å². The van der Waals surface area contributed by atoms with Crippen molar-refractivity contribution in [1.82, 2.24) is 25.0 Å². The number of nitrogens with zero attached hydrogens (tertiary/aromatic N) is 4. The Kier molecular flexibility index (Phi) is 5.18. The average molecular weight is 353 g/mol. The molecule has 0 saturated carbocycles. The molecule has 0 bridgehead atoms. The largest absolute Gasteiger partial charge is 0.465 e. The van der Waals surface area contributed by atoms with Crippen LogP contribution in [0.15, 0.2) is 47.1 Å². The number of pyridine rings is 1. The Morgan fingerprint density at radius 1 is 1.27 bits per heavy atom. The predicted octanol–water partition coefficient (Wildman–Crippen LogP) is 2.51. The fraction of sp³-hybridized carbons (Fsp3) is 0.316. The fourth-order valence-corrected chi connectivity index (χ4v) is 2.80. The maximum atomic E-state index is 12.6. The zero-order valence-electron chi connectivity index (χ0n) is 15.4. The lowest BCUT2D eigenvalue weighted by atomic mass is 10.2. The second-order valence-corrected chi connectivity index (χ2v) is 6.38. The van der Waals surface area contributed by atoms with E-state index in [1.807, 2.05) is 63.2 Å². The van der Waals surface area contributed by atoms with E-state index in [-0.39, 0.29) is 11.9 Å². The first-order valence-corrected chi connectivity index (χ1v) is 8.44. The van der Waals surface area contributed by atoms with Gasteiger partial charge in [-0.2, -0.15) is 5.10 Å². The van der Waals surface area contributed by atoms with Crippen LogP contribution in [-0.2, 0) is 0 Å². The van der Waals surface area contributed by atoms with Crippen molar-refractivity contribution in [2.75, 3.05) is 20.6 Å². The summed E-state index contributed by atoms with van der Waals surface area (Å²) < 4.78 is 7.37. The molecule has 0 aliphatic rings. The number of nitrogens with one attached hydrogen (secondary N) is 1. The molecular weight excluding hydrogens is 330 g/mol. The van der Waals surface area contributed by atoms with Crippen molar-refractivity contribution in [3.8, 4) is 5.82 Å². The molecule has 0 aromatic carbocycles. The molecule has 7 nitrogen and oxygen atoms in total. The number of carbonyl (C=O) groups excluding carboxylic acids is 1. The van der Waals surface area contributed by atoms with E-state index >= 15 is 0 Å². The first-order valence-electron chi connectivity index (χ1n) is 8.44. The molecule has 0 spiro atoms. The molecule has 1 amide bonds. The highest BCUT2D eigenvalue weighted by Gasteiger charge is 2.21. The summed E-state index contributed by atoms with van der Waals surface area (Å²) in [5, 5.41) is 7.27. The molecule has 7 heteroatoms. The highest BCUT2D eigenvalue weighted by atomic mass is 16.3. The molecule has 0 saturated heterocycles. The van der Waals surface area contributed by atoms with Crippen LogP contribution < -0.4 is 5.32 Å². The summed E-state index contributed by atoms with van der Waals surface area (Å²) >= 11 is 0. The number of aromatic nitrogens is 3. The van der Waals surface area contributed by atoms with E-state index in [4.69, 9.17) is 4.42 Å². The van der Waals surface area contributed by atoms with E-state index in [0.717, 1.165) is 17.2 Å². The predicted molar refractivity (Wildman–Crippen MR) is 98.3 cm³/mol. The Morgan fingerprint density at radius 2 is 2.08 bits per heavy atom. The van der Waals surface area contributed by atoms with Crippen molar-refractivity contribution >= 4 is 5.91 Å². The lowest BCUT2D eigenvalue weighted by Crippen LogP contribution is -2.34. The van der Waals surface area contributed by atoms with Gasteiger partial charge in [-0.15, -0.1) is 0 Å². The van der Waals surface area contributed by atoms with E-state index in [0.29, 0.717) is 17.9 Å². The number of aryl methyl sites for hydroxylation is 1. The van der Waals surface area contributed by atoms with Crippen LogP contribution in [0.3, 0.4) is 0 Å². The van der Waals surface area contributed by atoms with Crippen LogP contribution in [0.5, 0.6) is 0 Å². The Labute approximate surface area is 152 Å². The van der Waals surface area contributed by atoms with Crippen LogP contribution in [0.25, 0.3) is 5.82 Å². The first-order chi connectivity index (χ1) is 12.5. The molecular formula is C19H23N5O2. The summed E-state index contributed by atoms with van der Waals surface area (Å²) in [6.07, 6.45) is 3.27. The van der Waals surface area contributed by atoms with Gasteiger partial charge in [-0.3, -0.25) is 9.69 Å². The van der Waals surface area contributed by atoms with Crippen molar-refractivity contribution in [1.29, 1.82) is 0 Å². The molecule has 0 aliphatic carbocycles. The number of hydrogen-bond donors (Lipinski definition) is 1. The van der Waals surface area contributed by atoms with Crippen LogP contribution in [0.4, 0.5) is 0 Å². The minimum absolute atomic E-state index is 0.0428. The summed E-state index contributed by atoms with van der Waals surface area (Å²) in [5.74, 6) is 2.19. The standard InChI is InChI=1S/C19H23N5O2/c1-13-8-9-17(26-13)16(23(3)4)12-21-19(25)15-11-22-24(14(15)2)18-7-5-6-10-20-18/h5-11,16H,12H2,1-4H3,(H,21,25). The maximum Gasteiger partial charge on any atom is 0.254 e. The van der Waals surface area contributed by atoms with Gasteiger partial charge in [0.25, 0.3) is 5.91 Å². The number of carbonyl (C=O) groups is 1. The number of amides is 1. The maximum absolute atomic E-state index is 12.6. The normalized spacial score (nSPS) is 12.3. The molecule has 1 unspecified atom stereocenters. The molecule has 0 fully saturated rings. The van der Waals surface area contributed by atoms with Gasteiger partial charge in [0.2, 0.25) is 0 Å². The summed E-state index contributed by atoms with van der Waals surface area (Å²) in [6.45, 7) is 4.20. The molecule has 3 aromatic rings. The van der Waals surface area contributed by atoms with E-state index < -0.39 is 0 Å². The number of hydrogen-bond acceptors (Lipinski definition) is 5. The third-order valence-corrected chi connectivity index (χ3v) is 4.29. The van der Waals surface area contributed by atoms with Crippen LogP contribution in [-0.4, -0.2) is 46.2 Å². The lowest BCUT2D eigenvalue weighted by Gasteiger charge is -2.22. The Balaban J connectivity index is 1.73. The van der Waals surface area contributed by atoms with E-state index in [2.05, 4.69) is 15.4 Å². The zero-order valence-corrected chi connectivity index (χ0v) is 15.4. The fourth-order valence-electron chi connectivity index (χ4n) is 2.80. The molecule has 3 rings (SSSR count). The van der Waals surface area contributed by atoms with Gasteiger partial charge < -0.3 is 9.73 Å². The lowest BCUT2D eigenvalue weighted by molar-refractivity contribution is 0.0938. The summed E-state index contributed by atoms with van der Waals surface area (Å²) in [7, 11) is 3.91.